The molecule has 1 heterocycles. The van der Waals surface area contributed by atoms with E-state index in [4.69, 9.17) is 4.74 Å². The molecule has 1 amide bonds. The Morgan fingerprint density at radius 3 is 2.57 bits per heavy atom. The topological polar surface area (TPSA) is 69.0 Å². The van der Waals surface area contributed by atoms with Crippen LogP contribution in [0.3, 0.4) is 0 Å². The second-order valence-electron chi connectivity index (χ2n) is 7.32. The van der Waals surface area contributed by atoms with E-state index in [9.17, 15) is 4.79 Å². The molecule has 3 rings (SSSR count). The first-order valence-corrected chi connectivity index (χ1v) is 11.0. The van der Waals surface area contributed by atoms with Crippen LogP contribution in [0.1, 0.15) is 28.9 Å². The number of nitrogens with zero attached hydrogens (tertiary/aromatic N) is 3. The number of ether oxygens (including phenoxy) is 1. The summed E-state index contributed by atoms with van der Waals surface area (Å²) in [5.41, 5.74) is 4.41. The minimum Gasteiger partial charge on any atom is -0.496 e. The molecule has 2 aromatic carbocycles. The zero-order chi connectivity index (χ0) is 21.5. The van der Waals surface area contributed by atoms with E-state index in [0.29, 0.717) is 5.75 Å². The van der Waals surface area contributed by atoms with Crippen molar-refractivity contribution in [1.82, 2.24) is 14.8 Å². The maximum Gasteiger partial charge on any atom is 0.234 e. The Morgan fingerprint density at radius 2 is 1.87 bits per heavy atom. The molecule has 0 bridgehead atoms. The molecule has 0 spiro atoms. The number of hydrogen-bond donors (Lipinski definition) is 1. The van der Waals surface area contributed by atoms with Crippen molar-refractivity contribution < 1.29 is 9.53 Å². The lowest BCUT2D eigenvalue weighted by atomic mass is 10.0. The van der Waals surface area contributed by atoms with Crippen molar-refractivity contribution in [3.63, 3.8) is 0 Å². The van der Waals surface area contributed by atoms with E-state index in [2.05, 4.69) is 34.6 Å². The van der Waals surface area contributed by atoms with Gasteiger partial charge in [-0.2, -0.15) is 0 Å². The van der Waals surface area contributed by atoms with Crippen molar-refractivity contribution >= 4 is 23.4 Å². The van der Waals surface area contributed by atoms with Gasteiger partial charge >= 0.3 is 0 Å². The molecule has 158 valence electrons. The van der Waals surface area contributed by atoms with Crippen LogP contribution in [0.15, 0.2) is 47.6 Å². The van der Waals surface area contributed by atoms with Crippen molar-refractivity contribution in [2.75, 3.05) is 18.2 Å². The summed E-state index contributed by atoms with van der Waals surface area (Å²) in [5, 5.41) is 12.2. The molecular weight excluding hydrogens is 396 g/mol. The van der Waals surface area contributed by atoms with Gasteiger partial charge in [0.2, 0.25) is 5.91 Å². The molecule has 0 saturated heterocycles. The predicted molar refractivity (Wildman–Crippen MR) is 121 cm³/mol. The van der Waals surface area contributed by atoms with Gasteiger partial charge in [0.15, 0.2) is 5.16 Å². The number of carbonyl (C=O) groups excluding carboxylic acids is 1. The van der Waals surface area contributed by atoms with Gasteiger partial charge in [0.1, 0.15) is 11.6 Å². The molecule has 1 aromatic heterocycles. The van der Waals surface area contributed by atoms with E-state index in [1.54, 1.807) is 7.11 Å². The van der Waals surface area contributed by atoms with Crippen molar-refractivity contribution in [3.05, 3.63) is 65.0 Å². The normalized spacial score (nSPS) is 10.8. The van der Waals surface area contributed by atoms with Gasteiger partial charge in [-0.15, -0.1) is 10.2 Å². The highest BCUT2D eigenvalue weighted by Gasteiger charge is 2.12. The maximum absolute atomic E-state index is 12.2. The van der Waals surface area contributed by atoms with Crippen molar-refractivity contribution in [3.8, 4) is 5.75 Å². The lowest BCUT2D eigenvalue weighted by molar-refractivity contribution is -0.113. The Hall–Kier alpha value is -2.80. The molecule has 0 radical (unpaired) electrons. The Morgan fingerprint density at radius 1 is 1.10 bits per heavy atom. The minimum absolute atomic E-state index is 0.0525. The summed E-state index contributed by atoms with van der Waals surface area (Å²) in [4.78, 5) is 12.2. The number of anilines is 1. The first kappa shape index (κ1) is 21.9. The summed E-state index contributed by atoms with van der Waals surface area (Å²) in [6.45, 7) is 4.08. The van der Waals surface area contributed by atoms with Crippen LogP contribution in [0.5, 0.6) is 5.75 Å². The van der Waals surface area contributed by atoms with Gasteiger partial charge in [0.25, 0.3) is 0 Å². The van der Waals surface area contributed by atoms with E-state index < -0.39 is 0 Å². The largest absolute Gasteiger partial charge is 0.496 e. The molecule has 0 saturated carbocycles. The van der Waals surface area contributed by atoms with Gasteiger partial charge in [0, 0.05) is 19.2 Å². The van der Waals surface area contributed by atoms with E-state index in [1.807, 2.05) is 48.9 Å². The lowest BCUT2D eigenvalue weighted by Crippen LogP contribution is -2.14. The maximum atomic E-state index is 12.2. The number of carbonyl (C=O) groups is 1. The van der Waals surface area contributed by atoms with Crippen LogP contribution in [0, 0.1) is 13.8 Å². The summed E-state index contributed by atoms with van der Waals surface area (Å²) < 4.78 is 7.29. The van der Waals surface area contributed by atoms with Crippen LogP contribution in [-0.4, -0.2) is 33.5 Å². The number of aromatic nitrogens is 3. The van der Waals surface area contributed by atoms with Gasteiger partial charge < -0.3 is 14.6 Å². The number of rotatable bonds is 9. The molecule has 6 nitrogen and oxygen atoms in total. The standard InChI is InChI=1S/C23H28N4O2S/c1-16-8-11-19(12-9-16)24-22(28)15-30-23-26-25-21(27(23)3)7-5-6-18-10-13-20(29-4)17(2)14-18/h8-14H,5-7,15H2,1-4H3,(H,24,28). The quantitative estimate of drug-likeness (QED) is 0.517. The molecule has 30 heavy (non-hydrogen) atoms. The number of methoxy groups -OCH3 is 1. The highest BCUT2D eigenvalue weighted by atomic mass is 32.2. The summed E-state index contributed by atoms with van der Waals surface area (Å²) in [6, 6.07) is 14.1. The van der Waals surface area contributed by atoms with Crippen LogP contribution < -0.4 is 10.1 Å². The predicted octanol–water partition coefficient (Wildman–Crippen LogP) is 4.35. The third kappa shape index (κ3) is 5.86. The number of benzene rings is 2. The van der Waals surface area contributed by atoms with E-state index in [0.717, 1.165) is 52.8 Å². The van der Waals surface area contributed by atoms with E-state index in [-0.39, 0.29) is 5.91 Å². The molecule has 1 N–H and O–H groups in total. The summed E-state index contributed by atoms with van der Waals surface area (Å²) >= 11 is 1.40. The molecule has 7 heteroatoms. The SMILES string of the molecule is COc1ccc(CCCc2nnc(SCC(=O)Nc3ccc(C)cc3)n2C)cc1C. The Kier molecular flexibility index (Phi) is 7.52. The first-order valence-electron chi connectivity index (χ1n) is 9.97. The van der Waals surface area contributed by atoms with Crippen LogP contribution in [0.25, 0.3) is 0 Å². The number of aryl methyl sites for hydroxylation is 4. The number of amides is 1. The van der Waals surface area contributed by atoms with Crippen LogP contribution in [0.4, 0.5) is 5.69 Å². The fourth-order valence-electron chi connectivity index (χ4n) is 3.20. The third-order valence-corrected chi connectivity index (χ3v) is 5.94. The smallest absolute Gasteiger partial charge is 0.234 e. The van der Waals surface area contributed by atoms with Gasteiger partial charge in [0.05, 0.1) is 12.9 Å². The van der Waals surface area contributed by atoms with Crippen molar-refractivity contribution in [2.45, 2.75) is 38.3 Å². The zero-order valence-corrected chi connectivity index (χ0v) is 18.8. The summed E-state index contributed by atoms with van der Waals surface area (Å²) in [7, 11) is 3.64. The van der Waals surface area contributed by atoms with Crippen LogP contribution in [0.2, 0.25) is 0 Å². The van der Waals surface area contributed by atoms with Crippen LogP contribution >= 0.6 is 11.8 Å². The Labute approximate surface area is 182 Å². The molecule has 0 fully saturated rings. The van der Waals surface area contributed by atoms with Crippen molar-refractivity contribution in [1.29, 1.82) is 0 Å². The van der Waals surface area contributed by atoms with Gasteiger partial charge in [-0.3, -0.25) is 4.79 Å². The molecule has 0 aliphatic carbocycles. The molecular formula is C23H28N4O2S. The number of hydrogen-bond acceptors (Lipinski definition) is 5. The van der Waals surface area contributed by atoms with Gasteiger partial charge in [-0.05, 0) is 56.0 Å². The molecule has 0 aliphatic rings. The zero-order valence-electron chi connectivity index (χ0n) is 17.9. The molecule has 3 aromatic rings. The monoisotopic (exact) mass is 424 g/mol. The second kappa shape index (κ2) is 10.3. The highest BCUT2D eigenvalue weighted by Crippen LogP contribution is 2.21. The van der Waals surface area contributed by atoms with Crippen LogP contribution in [-0.2, 0) is 24.7 Å². The first-order chi connectivity index (χ1) is 14.5. The molecule has 0 atom stereocenters. The Balaban J connectivity index is 1.47. The lowest BCUT2D eigenvalue weighted by Gasteiger charge is -2.08. The number of nitrogens with one attached hydrogen (secondary N) is 1. The summed E-state index contributed by atoms with van der Waals surface area (Å²) in [5.74, 6) is 2.09. The summed E-state index contributed by atoms with van der Waals surface area (Å²) in [6.07, 6.45) is 2.79. The molecule has 0 aliphatic heterocycles. The average Bonchev–Trinajstić information content (AvgIpc) is 3.08. The van der Waals surface area contributed by atoms with Crippen molar-refractivity contribution in [2.24, 2.45) is 7.05 Å². The minimum atomic E-state index is -0.0525. The average molecular weight is 425 g/mol. The van der Waals surface area contributed by atoms with Gasteiger partial charge in [-0.1, -0.05) is 41.6 Å². The van der Waals surface area contributed by atoms with Gasteiger partial charge in [-0.25, -0.2) is 0 Å². The number of thioether (sulfide) groups is 1. The third-order valence-electron chi connectivity index (χ3n) is 4.92. The van der Waals surface area contributed by atoms with E-state index >= 15 is 0 Å². The Bertz CT molecular complexity index is 999. The highest BCUT2D eigenvalue weighted by molar-refractivity contribution is 7.99. The van der Waals surface area contributed by atoms with E-state index in [1.165, 1.54) is 17.3 Å². The fraction of sp³-hybridized carbons (Fsp3) is 0.348. The second-order valence-corrected chi connectivity index (χ2v) is 8.26. The molecule has 0 unspecified atom stereocenters. The fourth-order valence-corrected chi connectivity index (χ4v) is 3.93.